The van der Waals surface area contributed by atoms with Gasteiger partial charge in [0.1, 0.15) is 0 Å². The fourth-order valence-corrected chi connectivity index (χ4v) is 1.12. The molecule has 1 amide bonds. The van der Waals surface area contributed by atoms with E-state index in [1.165, 1.54) is 0 Å². The minimum absolute atomic E-state index is 0.0687. The summed E-state index contributed by atoms with van der Waals surface area (Å²) in [5, 5.41) is 0. The summed E-state index contributed by atoms with van der Waals surface area (Å²) in [4.78, 5) is 13.1. The van der Waals surface area contributed by atoms with Crippen LogP contribution in [-0.2, 0) is 9.53 Å². The van der Waals surface area contributed by atoms with Crippen molar-refractivity contribution in [2.24, 2.45) is 11.5 Å². The van der Waals surface area contributed by atoms with Crippen LogP contribution in [0.2, 0.25) is 0 Å². The van der Waals surface area contributed by atoms with Crippen molar-refractivity contribution in [3.05, 3.63) is 0 Å². The van der Waals surface area contributed by atoms with E-state index < -0.39 is 6.04 Å². The molecular formula is C7H15N3O2. The summed E-state index contributed by atoms with van der Waals surface area (Å²) in [5.74, 6) is -0.0687. The largest absolute Gasteiger partial charge is 0.378 e. The van der Waals surface area contributed by atoms with Gasteiger partial charge >= 0.3 is 0 Å². The molecule has 0 aromatic heterocycles. The molecule has 12 heavy (non-hydrogen) atoms. The van der Waals surface area contributed by atoms with Gasteiger partial charge in [-0.25, -0.2) is 0 Å². The van der Waals surface area contributed by atoms with E-state index in [9.17, 15) is 4.79 Å². The van der Waals surface area contributed by atoms with Crippen LogP contribution in [0.25, 0.3) is 0 Å². The average molecular weight is 173 g/mol. The Kier molecular flexibility index (Phi) is 3.46. The molecule has 1 fully saturated rings. The normalized spacial score (nSPS) is 20.7. The van der Waals surface area contributed by atoms with Crippen LogP contribution in [0.5, 0.6) is 0 Å². The highest BCUT2D eigenvalue weighted by Gasteiger charge is 2.21. The van der Waals surface area contributed by atoms with Crippen molar-refractivity contribution in [3.63, 3.8) is 0 Å². The van der Waals surface area contributed by atoms with Gasteiger partial charge in [-0.3, -0.25) is 4.79 Å². The van der Waals surface area contributed by atoms with E-state index in [4.69, 9.17) is 16.2 Å². The Balaban J connectivity index is 2.39. The van der Waals surface area contributed by atoms with Crippen LogP contribution in [0, 0.1) is 0 Å². The van der Waals surface area contributed by atoms with Gasteiger partial charge in [0.2, 0.25) is 5.91 Å². The zero-order valence-electron chi connectivity index (χ0n) is 7.03. The molecule has 0 radical (unpaired) electrons. The lowest BCUT2D eigenvalue weighted by Gasteiger charge is -2.28. The molecule has 1 aliphatic heterocycles. The van der Waals surface area contributed by atoms with Crippen molar-refractivity contribution in [1.82, 2.24) is 4.90 Å². The number of nitrogens with zero attached hydrogens (tertiary/aromatic N) is 1. The zero-order chi connectivity index (χ0) is 8.97. The topological polar surface area (TPSA) is 81.6 Å². The van der Waals surface area contributed by atoms with Crippen molar-refractivity contribution >= 4 is 5.91 Å². The molecule has 5 heteroatoms. The molecule has 0 bridgehead atoms. The number of carbonyl (C=O) groups excluding carboxylic acids is 1. The van der Waals surface area contributed by atoms with Gasteiger partial charge in [0.25, 0.3) is 0 Å². The monoisotopic (exact) mass is 173 g/mol. The Morgan fingerprint density at radius 1 is 1.50 bits per heavy atom. The SMILES string of the molecule is NCC(N)C(=O)N1CCOCC1. The van der Waals surface area contributed by atoms with E-state index in [2.05, 4.69) is 0 Å². The number of amides is 1. The Hall–Kier alpha value is -0.650. The van der Waals surface area contributed by atoms with Crippen molar-refractivity contribution in [2.75, 3.05) is 32.8 Å². The number of nitrogens with two attached hydrogens (primary N) is 2. The first-order valence-corrected chi connectivity index (χ1v) is 4.08. The maximum Gasteiger partial charge on any atom is 0.240 e. The minimum Gasteiger partial charge on any atom is -0.378 e. The number of carbonyl (C=O) groups is 1. The molecule has 1 atom stereocenters. The molecule has 0 aromatic rings. The molecule has 1 saturated heterocycles. The molecule has 1 aliphatic rings. The predicted molar refractivity (Wildman–Crippen MR) is 44.4 cm³/mol. The van der Waals surface area contributed by atoms with E-state index in [0.29, 0.717) is 26.3 Å². The highest BCUT2D eigenvalue weighted by Crippen LogP contribution is 1.98. The Morgan fingerprint density at radius 3 is 2.58 bits per heavy atom. The number of hydrogen-bond acceptors (Lipinski definition) is 4. The quantitative estimate of drug-likeness (QED) is 0.512. The fraction of sp³-hybridized carbons (Fsp3) is 0.857. The third-order valence-corrected chi connectivity index (χ3v) is 1.89. The molecule has 0 aromatic carbocycles. The first kappa shape index (κ1) is 9.44. The van der Waals surface area contributed by atoms with E-state index in [0.717, 1.165) is 0 Å². The van der Waals surface area contributed by atoms with Gasteiger partial charge in [-0.15, -0.1) is 0 Å². The fourth-order valence-electron chi connectivity index (χ4n) is 1.12. The third kappa shape index (κ3) is 2.17. The number of hydrogen-bond donors (Lipinski definition) is 2. The van der Waals surface area contributed by atoms with Crippen LogP contribution in [0.3, 0.4) is 0 Å². The predicted octanol–water partition coefficient (Wildman–Crippen LogP) is -1.87. The zero-order valence-corrected chi connectivity index (χ0v) is 7.03. The standard InChI is InChI=1S/C7H15N3O2/c8-5-6(9)7(11)10-1-3-12-4-2-10/h6H,1-5,8-9H2. The molecular weight excluding hydrogens is 158 g/mol. The highest BCUT2D eigenvalue weighted by atomic mass is 16.5. The highest BCUT2D eigenvalue weighted by molar-refractivity contribution is 5.81. The molecule has 1 heterocycles. The summed E-state index contributed by atoms with van der Waals surface area (Å²) in [5.41, 5.74) is 10.8. The molecule has 0 saturated carbocycles. The lowest BCUT2D eigenvalue weighted by Crippen LogP contribution is -2.51. The van der Waals surface area contributed by atoms with Crippen LogP contribution in [0.4, 0.5) is 0 Å². The maximum absolute atomic E-state index is 11.4. The second-order valence-corrected chi connectivity index (χ2v) is 2.78. The van der Waals surface area contributed by atoms with Gasteiger partial charge < -0.3 is 21.1 Å². The van der Waals surface area contributed by atoms with Crippen molar-refractivity contribution < 1.29 is 9.53 Å². The minimum atomic E-state index is -0.553. The Morgan fingerprint density at radius 2 is 2.08 bits per heavy atom. The van der Waals surface area contributed by atoms with Crippen molar-refractivity contribution in [2.45, 2.75) is 6.04 Å². The van der Waals surface area contributed by atoms with E-state index in [1.807, 2.05) is 0 Å². The van der Waals surface area contributed by atoms with Crippen LogP contribution < -0.4 is 11.5 Å². The van der Waals surface area contributed by atoms with E-state index in [1.54, 1.807) is 4.90 Å². The maximum atomic E-state index is 11.4. The van der Waals surface area contributed by atoms with Gasteiger partial charge in [0.05, 0.1) is 19.3 Å². The van der Waals surface area contributed by atoms with Gasteiger partial charge in [0, 0.05) is 19.6 Å². The Labute approximate surface area is 71.6 Å². The van der Waals surface area contributed by atoms with Crippen LogP contribution in [-0.4, -0.2) is 49.7 Å². The number of morpholine rings is 1. The summed E-state index contributed by atoms with van der Waals surface area (Å²) in [6.45, 7) is 2.67. The molecule has 1 unspecified atom stereocenters. The lowest BCUT2D eigenvalue weighted by atomic mass is 10.2. The van der Waals surface area contributed by atoms with Crippen molar-refractivity contribution in [1.29, 1.82) is 0 Å². The first-order chi connectivity index (χ1) is 5.75. The summed E-state index contributed by atoms with van der Waals surface area (Å²) < 4.78 is 5.10. The molecule has 1 rings (SSSR count). The second kappa shape index (κ2) is 4.39. The molecule has 5 nitrogen and oxygen atoms in total. The molecule has 0 aliphatic carbocycles. The molecule has 0 spiro atoms. The number of ether oxygens (including phenoxy) is 1. The van der Waals surface area contributed by atoms with Crippen molar-refractivity contribution in [3.8, 4) is 0 Å². The van der Waals surface area contributed by atoms with Crippen LogP contribution in [0.1, 0.15) is 0 Å². The van der Waals surface area contributed by atoms with E-state index >= 15 is 0 Å². The van der Waals surface area contributed by atoms with Crippen LogP contribution in [0.15, 0.2) is 0 Å². The Bertz CT molecular complexity index is 157. The third-order valence-electron chi connectivity index (χ3n) is 1.89. The average Bonchev–Trinajstić information content (AvgIpc) is 2.17. The van der Waals surface area contributed by atoms with Crippen LogP contribution >= 0.6 is 0 Å². The summed E-state index contributed by atoms with van der Waals surface area (Å²) >= 11 is 0. The van der Waals surface area contributed by atoms with E-state index in [-0.39, 0.29) is 12.5 Å². The second-order valence-electron chi connectivity index (χ2n) is 2.78. The molecule has 4 N–H and O–H groups in total. The smallest absolute Gasteiger partial charge is 0.240 e. The van der Waals surface area contributed by atoms with Gasteiger partial charge in [-0.1, -0.05) is 0 Å². The van der Waals surface area contributed by atoms with Gasteiger partial charge in [-0.05, 0) is 0 Å². The number of rotatable bonds is 2. The summed E-state index contributed by atoms with van der Waals surface area (Å²) in [7, 11) is 0. The lowest BCUT2D eigenvalue weighted by molar-refractivity contribution is -0.136. The molecule has 70 valence electrons. The summed E-state index contributed by atoms with van der Waals surface area (Å²) in [6.07, 6.45) is 0. The summed E-state index contributed by atoms with van der Waals surface area (Å²) in [6, 6.07) is -0.553. The first-order valence-electron chi connectivity index (χ1n) is 4.08. The van der Waals surface area contributed by atoms with Gasteiger partial charge in [0.15, 0.2) is 0 Å². The van der Waals surface area contributed by atoms with Gasteiger partial charge in [-0.2, -0.15) is 0 Å².